The topological polar surface area (TPSA) is 84.0 Å². The van der Waals surface area contributed by atoms with E-state index in [0.29, 0.717) is 36.3 Å². The first-order valence-electron chi connectivity index (χ1n) is 9.27. The average Bonchev–Trinajstić information content (AvgIpc) is 2.60. The molecule has 0 saturated carbocycles. The standard InChI is InChI=1S/C21H23N3O3/c1-4-24-18-17(19(26)23-20(24)27)15(12-8-6-5-7-9-12)16-13(22-18)10-21(2,3)11-14(16)25/h5-9,15,22H,4,10-11H2,1-3H3,(H,23,26,27). The van der Waals surface area contributed by atoms with Crippen molar-refractivity contribution >= 4 is 11.6 Å². The third kappa shape index (κ3) is 2.76. The molecule has 2 aromatic rings. The van der Waals surface area contributed by atoms with Gasteiger partial charge in [-0.2, -0.15) is 0 Å². The van der Waals surface area contributed by atoms with Gasteiger partial charge in [0.25, 0.3) is 5.56 Å². The smallest absolute Gasteiger partial charge is 0.329 e. The van der Waals surface area contributed by atoms with Crippen molar-refractivity contribution in [2.24, 2.45) is 5.41 Å². The van der Waals surface area contributed by atoms with Crippen LogP contribution in [0.25, 0.3) is 0 Å². The van der Waals surface area contributed by atoms with Gasteiger partial charge in [0.1, 0.15) is 5.82 Å². The van der Waals surface area contributed by atoms with E-state index in [1.54, 1.807) is 0 Å². The number of nitrogens with one attached hydrogen (secondary N) is 2. The number of aromatic nitrogens is 2. The number of H-pyrrole nitrogens is 1. The number of nitrogens with zero attached hydrogens (tertiary/aromatic N) is 1. The minimum absolute atomic E-state index is 0.0573. The van der Waals surface area contributed by atoms with Gasteiger partial charge < -0.3 is 5.32 Å². The number of allylic oxidation sites excluding steroid dienone is 2. The van der Waals surface area contributed by atoms with Crippen LogP contribution in [-0.2, 0) is 11.3 Å². The summed E-state index contributed by atoms with van der Waals surface area (Å²) in [6.45, 7) is 6.41. The van der Waals surface area contributed by atoms with Crippen LogP contribution < -0.4 is 16.6 Å². The molecule has 1 aromatic heterocycles. The third-order valence-corrected chi connectivity index (χ3v) is 5.45. The Morgan fingerprint density at radius 1 is 1.11 bits per heavy atom. The highest BCUT2D eigenvalue weighted by Crippen LogP contribution is 2.47. The maximum atomic E-state index is 13.1. The largest absolute Gasteiger partial charge is 0.344 e. The fourth-order valence-corrected chi connectivity index (χ4v) is 4.34. The molecule has 6 heteroatoms. The summed E-state index contributed by atoms with van der Waals surface area (Å²) in [4.78, 5) is 40.6. The first-order chi connectivity index (χ1) is 12.8. The summed E-state index contributed by atoms with van der Waals surface area (Å²) in [7, 11) is 0. The Hall–Kier alpha value is -2.89. The minimum atomic E-state index is -0.469. The van der Waals surface area contributed by atoms with Crippen molar-refractivity contribution in [2.75, 3.05) is 5.32 Å². The second-order valence-electron chi connectivity index (χ2n) is 8.07. The average molecular weight is 365 g/mol. The van der Waals surface area contributed by atoms with E-state index in [0.717, 1.165) is 11.3 Å². The Morgan fingerprint density at radius 2 is 1.81 bits per heavy atom. The second-order valence-corrected chi connectivity index (χ2v) is 8.07. The highest BCUT2D eigenvalue weighted by atomic mass is 16.2. The molecule has 0 bridgehead atoms. The lowest BCUT2D eigenvalue weighted by Crippen LogP contribution is -2.41. The molecule has 0 amide bonds. The zero-order valence-electron chi connectivity index (χ0n) is 15.8. The first-order valence-corrected chi connectivity index (χ1v) is 9.27. The number of carbonyl (C=O) groups is 1. The number of ketones is 1. The Balaban J connectivity index is 2.06. The number of benzene rings is 1. The van der Waals surface area contributed by atoms with Gasteiger partial charge in [0, 0.05) is 30.2 Å². The summed E-state index contributed by atoms with van der Waals surface area (Å²) in [6, 6.07) is 9.57. The molecule has 2 aliphatic rings. The van der Waals surface area contributed by atoms with Crippen LogP contribution >= 0.6 is 0 Å². The van der Waals surface area contributed by atoms with E-state index in [4.69, 9.17) is 0 Å². The first kappa shape index (κ1) is 17.5. The number of fused-ring (bicyclic) bond motifs is 1. The van der Waals surface area contributed by atoms with Gasteiger partial charge in [0.15, 0.2) is 5.78 Å². The van der Waals surface area contributed by atoms with E-state index in [1.165, 1.54) is 4.57 Å². The molecule has 6 nitrogen and oxygen atoms in total. The summed E-state index contributed by atoms with van der Waals surface area (Å²) in [5, 5.41) is 3.29. The van der Waals surface area contributed by atoms with Crippen molar-refractivity contribution in [3.63, 3.8) is 0 Å². The van der Waals surface area contributed by atoms with Crippen LogP contribution in [0.3, 0.4) is 0 Å². The third-order valence-electron chi connectivity index (χ3n) is 5.45. The van der Waals surface area contributed by atoms with Crippen molar-refractivity contribution in [1.82, 2.24) is 9.55 Å². The lowest BCUT2D eigenvalue weighted by Gasteiger charge is -2.39. The van der Waals surface area contributed by atoms with E-state index in [1.807, 2.05) is 37.3 Å². The molecule has 2 N–H and O–H groups in total. The van der Waals surface area contributed by atoms with Crippen molar-refractivity contribution in [1.29, 1.82) is 0 Å². The molecule has 0 saturated heterocycles. The quantitative estimate of drug-likeness (QED) is 0.857. The molecule has 0 spiro atoms. The predicted molar refractivity (Wildman–Crippen MR) is 104 cm³/mol. The number of rotatable bonds is 2. The Morgan fingerprint density at radius 3 is 2.48 bits per heavy atom. The van der Waals surface area contributed by atoms with Gasteiger partial charge in [0.2, 0.25) is 0 Å². The minimum Gasteiger partial charge on any atom is -0.344 e. The monoisotopic (exact) mass is 365 g/mol. The van der Waals surface area contributed by atoms with Crippen molar-refractivity contribution in [3.05, 3.63) is 73.6 Å². The molecule has 0 radical (unpaired) electrons. The molecule has 140 valence electrons. The molecular formula is C21H23N3O3. The molecule has 2 heterocycles. The molecular weight excluding hydrogens is 342 g/mol. The summed E-state index contributed by atoms with van der Waals surface area (Å²) in [5.41, 5.74) is 1.75. The molecule has 0 fully saturated rings. The van der Waals surface area contributed by atoms with Crippen LogP contribution in [0, 0.1) is 5.41 Å². The van der Waals surface area contributed by atoms with Crippen molar-refractivity contribution < 1.29 is 4.79 Å². The number of hydrogen-bond donors (Lipinski definition) is 2. The summed E-state index contributed by atoms with van der Waals surface area (Å²) in [5.74, 6) is 0.0921. The van der Waals surface area contributed by atoms with Gasteiger partial charge in [-0.3, -0.25) is 19.1 Å². The van der Waals surface area contributed by atoms with E-state index in [9.17, 15) is 14.4 Å². The van der Waals surface area contributed by atoms with E-state index >= 15 is 0 Å². The number of hydrogen-bond acceptors (Lipinski definition) is 4. The Bertz CT molecular complexity index is 1070. The molecule has 1 aliphatic heterocycles. The van der Waals surface area contributed by atoms with Gasteiger partial charge in [-0.15, -0.1) is 0 Å². The van der Waals surface area contributed by atoms with Crippen LogP contribution in [-0.4, -0.2) is 15.3 Å². The Kier molecular flexibility index (Phi) is 3.94. The summed E-state index contributed by atoms with van der Waals surface area (Å²) >= 11 is 0. The van der Waals surface area contributed by atoms with Crippen LogP contribution in [0.4, 0.5) is 5.82 Å². The van der Waals surface area contributed by atoms with Crippen molar-refractivity contribution in [2.45, 2.75) is 46.1 Å². The Labute approximate surface area is 156 Å². The zero-order valence-corrected chi connectivity index (χ0v) is 15.8. The maximum Gasteiger partial charge on any atom is 0.329 e. The molecule has 27 heavy (non-hydrogen) atoms. The molecule has 1 unspecified atom stereocenters. The molecule has 1 aliphatic carbocycles. The lowest BCUT2D eigenvalue weighted by atomic mass is 9.69. The summed E-state index contributed by atoms with van der Waals surface area (Å²) < 4.78 is 1.53. The normalized spacial score (nSPS) is 20.7. The van der Waals surface area contributed by atoms with Crippen molar-refractivity contribution in [3.8, 4) is 0 Å². The number of anilines is 1. The van der Waals surface area contributed by atoms with Gasteiger partial charge >= 0.3 is 5.69 Å². The van der Waals surface area contributed by atoms with Gasteiger partial charge in [-0.05, 0) is 24.3 Å². The molecule has 1 atom stereocenters. The van der Waals surface area contributed by atoms with Crippen LogP contribution in [0.15, 0.2) is 51.2 Å². The van der Waals surface area contributed by atoms with Gasteiger partial charge in [-0.25, -0.2) is 4.79 Å². The summed E-state index contributed by atoms with van der Waals surface area (Å²) in [6.07, 6.45) is 1.14. The fourth-order valence-electron chi connectivity index (χ4n) is 4.34. The SMILES string of the molecule is CCn1c2c(c(=O)[nH]c1=O)C(c1ccccc1)C1=C(CC(C)(C)CC1=O)N2. The van der Waals surface area contributed by atoms with Crippen LogP contribution in [0.5, 0.6) is 0 Å². The van der Waals surface area contributed by atoms with E-state index < -0.39 is 17.2 Å². The highest BCUT2D eigenvalue weighted by Gasteiger charge is 2.42. The van der Waals surface area contributed by atoms with Crippen LogP contribution in [0.2, 0.25) is 0 Å². The second kappa shape index (κ2) is 6.08. The maximum absolute atomic E-state index is 13.1. The number of Topliss-reactive ketones (excluding diaryl/α,β-unsaturated/α-hetero) is 1. The molecule has 4 rings (SSSR count). The number of carbonyl (C=O) groups excluding carboxylic acids is 1. The lowest BCUT2D eigenvalue weighted by molar-refractivity contribution is -0.118. The van der Waals surface area contributed by atoms with E-state index in [2.05, 4.69) is 24.1 Å². The van der Waals surface area contributed by atoms with E-state index in [-0.39, 0.29) is 11.2 Å². The molecule has 1 aromatic carbocycles. The van der Waals surface area contributed by atoms with Crippen LogP contribution in [0.1, 0.15) is 50.7 Å². The predicted octanol–water partition coefficient (Wildman–Crippen LogP) is 2.76. The van der Waals surface area contributed by atoms with Gasteiger partial charge in [-0.1, -0.05) is 44.2 Å². The zero-order chi connectivity index (χ0) is 19.3. The fraction of sp³-hybridized carbons (Fsp3) is 0.381. The van der Waals surface area contributed by atoms with Gasteiger partial charge in [0.05, 0.1) is 5.56 Å². The highest BCUT2D eigenvalue weighted by molar-refractivity contribution is 6.01. The number of aromatic amines is 1.